The molecule has 2 N–H and O–H groups in total. The van der Waals surface area contributed by atoms with Crippen LogP contribution in [0.15, 0.2) is 29.6 Å². The highest BCUT2D eigenvalue weighted by Gasteiger charge is 2.40. The highest BCUT2D eigenvalue weighted by molar-refractivity contribution is 7.10. The number of carbonyl (C=O) groups excluding carboxylic acids is 4. The Morgan fingerprint density at radius 1 is 1.24 bits per heavy atom. The molecular formula is C24H28N4O5S. The molecule has 0 bridgehead atoms. The van der Waals surface area contributed by atoms with Gasteiger partial charge in [-0.15, -0.1) is 11.3 Å². The van der Waals surface area contributed by atoms with Gasteiger partial charge in [-0.05, 0) is 43.8 Å². The lowest BCUT2D eigenvalue weighted by Crippen LogP contribution is -2.52. The summed E-state index contributed by atoms with van der Waals surface area (Å²) in [6, 6.07) is 6.84. The SMILES string of the molecule is CN(C)CCOc1ccc(CC(=O)NCc2scc3c2CN(C2CCC(=O)NC2=O)C3=O)cc1. The van der Waals surface area contributed by atoms with E-state index < -0.39 is 11.9 Å². The minimum absolute atomic E-state index is 0.116. The first kappa shape index (κ1) is 23.9. The molecule has 1 atom stereocenters. The fourth-order valence-electron chi connectivity index (χ4n) is 4.03. The first-order chi connectivity index (χ1) is 16.3. The van der Waals surface area contributed by atoms with Crippen molar-refractivity contribution in [2.75, 3.05) is 27.2 Å². The van der Waals surface area contributed by atoms with E-state index in [2.05, 4.69) is 10.6 Å². The minimum Gasteiger partial charge on any atom is -0.492 e. The highest BCUT2D eigenvalue weighted by Crippen LogP contribution is 2.33. The Morgan fingerprint density at radius 3 is 2.71 bits per heavy atom. The molecule has 180 valence electrons. The van der Waals surface area contributed by atoms with Crippen LogP contribution in [0.4, 0.5) is 0 Å². The molecule has 1 aromatic carbocycles. The third kappa shape index (κ3) is 5.45. The average molecular weight is 485 g/mol. The van der Waals surface area contributed by atoms with Crippen molar-refractivity contribution < 1.29 is 23.9 Å². The number of fused-ring (bicyclic) bond motifs is 1. The van der Waals surface area contributed by atoms with Gasteiger partial charge in [0.1, 0.15) is 18.4 Å². The van der Waals surface area contributed by atoms with E-state index in [1.54, 1.807) is 5.38 Å². The number of likely N-dealkylation sites (N-methyl/N-ethyl adjacent to an activating group) is 1. The fraction of sp³-hybridized carbons (Fsp3) is 0.417. The summed E-state index contributed by atoms with van der Waals surface area (Å²) in [6.45, 7) is 2.06. The van der Waals surface area contributed by atoms with Crippen LogP contribution in [0.25, 0.3) is 0 Å². The van der Waals surface area contributed by atoms with Crippen LogP contribution in [-0.2, 0) is 33.9 Å². The smallest absolute Gasteiger partial charge is 0.256 e. The number of carbonyl (C=O) groups is 4. The molecule has 0 saturated carbocycles. The summed E-state index contributed by atoms with van der Waals surface area (Å²) in [7, 11) is 3.98. The number of amides is 4. The number of nitrogens with one attached hydrogen (secondary N) is 2. The number of imide groups is 1. The van der Waals surface area contributed by atoms with Crippen LogP contribution in [-0.4, -0.2) is 66.7 Å². The molecule has 1 unspecified atom stereocenters. The van der Waals surface area contributed by atoms with Crippen molar-refractivity contribution in [3.63, 3.8) is 0 Å². The van der Waals surface area contributed by atoms with Crippen LogP contribution in [0.3, 0.4) is 0 Å². The van der Waals surface area contributed by atoms with Crippen molar-refractivity contribution in [2.45, 2.75) is 38.4 Å². The molecular weight excluding hydrogens is 456 g/mol. The summed E-state index contributed by atoms with van der Waals surface area (Å²) in [5.74, 6) is -0.286. The molecule has 1 aromatic heterocycles. The molecule has 10 heteroatoms. The molecule has 34 heavy (non-hydrogen) atoms. The topological polar surface area (TPSA) is 108 Å². The third-order valence-electron chi connectivity index (χ3n) is 5.93. The van der Waals surface area contributed by atoms with Gasteiger partial charge in [0, 0.05) is 29.8 Å². The lowest BCUT2D eigenvalue weighted by Gasteiger charge is -2.29. The van der Waals surface area contributed by atoms with E-state index in [9.17, 15) is 19.2 Å². The van der Waals surface area contributed by atoms with E-state index in [1.807, 2.05) is 43.3 Å². The molecule has 0 aliphatic carbocycles. The van der Waals surface area contributed by atoms with Gasteiger partial charge < -0.3 is 19.9 Å². The first-order valence-electron chi connectivity index (χ1n) is 11.2. The second-order valence-electron chi connectivity index (χ2n) is 8.70. The molecule has 1 fully saturated rings. The monoisotopic (exact) mass is 484 g/mol. The van der Waals surface area contributed by atoms with E-state index in [-0.39, 0.29) is 30.6 Å². The summed E-state index contributed by atoms with van der Waals surface area (Å²) in [5.41, 5.74) is 2.30. The van der Waals surface area contributed by atoms with Crippen molar-refractivity contribution in [1.82, 2.24) is 20.4 Å². The number of hydrogen-bond donors (Lipinski definition) is 2. The lowest BCUT2D eigenvalue weighted by atomic mass is 10.0. The molecule has 2 aliphatic heterocycles. The second kappa shape index (κ2) is 10.4. The van der Waals surface area contributed by atoms with Gasteiger partial charge in [0.15, 0.2) is 0 Å². The zero-order chi connectivity index (χ0) is 24.2. The first-order valence-corrected chi connectivity index (χ1v) is 12.1. The zero-order valence-electron chi connectivity index (χ0n) is 19.3. The van der Waals surface area contributed by atoms with Crippen LogP contribution in [0.2, 0.25) is 0 Å². The molecule has 4 amide bonds. The molecule has 0 radical (unpaired) electrons. The van der Waals surface area contributed by atoms with Crippen LogP contribution >= 0.6 is 11.3 Å². The van der Waals surface area contributed by atoms with Crippen molar-refractivity contribution in [2.24, 2.45) is 0 Å². The van der Waals surface area contributed by atoms with Gasteiger partial charge in [-0.25, -0.2) is 0 Å². The Balaban J connectivity index is 1.29. The average Bonchev–Trinajstić information content (AvgIpc) is 3.33. The van der Waals surface area contributed by atoms with E-state index in [0.717, 1.165) is 28.3 Å². The third-order valence-corrected chi connectivity index (χ3v) is 6.96. The van der Waals surface area contributed by atoms with Gasteiger partial charge in [0.05, 0.1) is 18.5 Å². The summed E-state index contributed by atoms with van der Waals surface area (Å²) >= 11 is 1.43. The Morgan fingerprint density at radius 2 is 2.00 bits per heavy atom. The van der Waals surface area contributed by atoms with Crippen LogP contribution in [0, 0.1) is 0 Å². The summed E-state index contributed by atoms with van der Waals surface area (Å²) in [4.78, 5) is 53.4. The van der Waals surface area contributed by atoms with Crippen molar-refractivity contribution in [1.29, 1.82) is 0 Å². The predicted octanol–water partition coefficient (Wildman–Crippen LogP) is 1.31. The molecule has 2 aliphatic rings. The van der Waals surface area contributed by atoms with Gasteiger partial charge in [-0.3, -0.25) is 24.5 Å². The molecule has 0 spiro atoms. The summed E-state index contributed by atoms with van der Waals surface area (Å²) in [5, 5.41) is 7.01. The Kier molecular flexibility index (Phi) is 7.28. The standard InChI is InChI=1S/C24H28N4O5S/c1-27(2)9-10-33-16-5-3-15(4-6-16)11-22(30)25-12-20-17-13-28(24(32)18(17)14-34-20)19-7-8-21(29)26-23(19)31/h3-6,14,19H,7-13H2,1-2H3,(H,25,30)(H,26,29,31). The highest BCUT2D eigenvalue weighted by atomic mass is 32.1. The number of piperidine rings is 1. The number of ether oxygens (including phenoxy) is 1. The van der Waals surface area contributed by atoms with Crippen molar-refractivity contribution >= 4 is 35.0 Å². The minimum atomic E-state index is -0.639. The van der Waals surface area contributed by atoms with Crippen LogP contribution < -0.4 is 15.4 Å². The van der Waals surface area contributed by atoms with Gasteiger partial charge in [-0.2, -0.15) is 0 Å². The van der Waals surface area contributed by atoms with Crippen LogP contribution in [0.1, 0.15) is 39.2 Å². The maximum absolute atomic E-state index is 12.8. The van der Waals surface area contributed by atoms with Crippen molar-refractivity contribution in [3.8, 4) is 5.75 Å². The summed E-state index contributed by atoms with van der Waals surface area (Å²) in [6.07, 6.45) is 0.793. The lowest BCUT2D eigenvalue weighted by molar-refractivity contribution is -0.137. The van der Waals surface area contributed by atoms with E-state index in [4.69, 9.17) is 4.74 Å². The van der Waals surface area contributed by atoms with Gasteiger partial charge >= 0.3 is 0 Å². The quantitative estimate of drug-likeness (QED) is 0.520. The largest absolute Gasteiger partial charge is 0.492 e. The number of hydrogen-bond acceptors (Lipinski definition) is 7. The van der Waals surface area contributed by atoms with E-state index >= 15 is 0 Å². The van der Waals surface area contributed by atoms with Crippen molar-refractivity contribution in [3.05, 3.63) is 51.2 Å². The number of nitrogens with zero attached hydrogens (tertiary/aromatic N) is 2. The normalized spacial score (nSPS) is 17.7. The number of rotatable bonds is 9. The Hall–Kier alpha value is -3.24. The summed E-state index contributed by atoms with van der Waals surface area (Å²) < 4.78 is 5.67. The Labute approximate surface area is 202 Å². The van der Waals surface area contributed by atoms with Gasteiger partial charge in [0.25, 0.3) is 5.91 Å². The number of thiophene rings is 1. The van der Waals surface area contributed by atoms with Gasteiger partial charge in [-0.1, -0.05) is 12.1 Å². The van der Waals surface area contributed by atoms with E-state index in [1.165, 1.54) is 16.2 Å². The molecule has 1 saturated heterocycles. The maximum atomic E-state index is 12.8. The Bertz CT molecular complexity index is 1100. The molecule has 4 rings (SSSR count). The van der Waals surface area contributed by atoms with Gasteiger partial charge in [0.2, 0.25) is 17.7 Å². The second-order valence-corrected chi connectivity index (χ2v) is 9.66. The fourth-order valence-corrected chi connectivity index (χ4v) is 5.00. The number of benzene rings is 1. The maximum Gasteiger partial charge on any atom is 0.256 e. The molecule has 3 heterocycles. The molecule has 9 nitrogen and oxygen atoms in total. The zero-order valence-corrected chi connectivity index (χ0v) is 20.1. The van der Waals surface area contributed by atoms with E-state index in [0.29, 0.717) is 31.7 Å². The molecule has 2 aromatic rings. The van der Waals surface area contributed by atoms with Crippen LogP contribution in [0.5, 0.6) is 5.75 Å². The predicted molar refractivity (Wildman–Crippen MR) is 126 cm³/mol.